The van der Waals surface area contributed by atoms with E-state index in [2.05, 4.69) is 5.32 Å². The minimum absolute atomic E-state index is 0.773. The van der Waals surface area contributed by atoms with Crippen LogP contribution in [0.4, 0.5) is 0 Å². The van der Waals surface area contributed by atoms with Gasteiger partial charge in [0.05, 0.1) is 6.61 Å². The van der Waals surface area contributed by atoms with Gasteiger partial charge in [0.15, 0.2) is 0 Å². The third kappa shape index (κ3) is 1.50. The first kappa shape index (κ1) is 8.52. The van der Waals surface area contributed by atoms with E-state index in [1.165, 1.54) is 32.2 Å². The van der Waals surface area contributed by atoms with Crippen LogP contribution in [-0.2, 0) is 4.74 Å². The molecule has 1 saturated heterocycles. The summed E-state index contributed by atoms with van der Waals surface area (Å²) in [5.74, 6) is 1.76. The van der Waals surface area contributed by atoms with E-state index >= 15 is 0 Å². The van der Waals surface area contributed by atoms with Gasteiger partial charge in [-0.25, -0.2) is 0 Å². The summed E-state index contributed by atoms with van der Waals surface area (Å²) in [4.78, 5) is 0. The molecule has 0 bridgehead atoms. The Labute approximate surface area is 74.7 Å². The predicted molar refractivity (Wildman–Crippen MR) is 49.1 cm³/mol. The molecule has 2 aliphatic rings. The molecule has 1 N–H and O–H groups in total. The molecule has 0 spiro atoms. The topological polar surface area (TPSA) is 21.3 Å². The Kier molecular flexibility index (Phi) is 2.66. The van der Waals surface area contributed by atoms with Crippen LogP contribution < -0.4 is 5.32 Å². The van der Waals surface area contributed by atoms with Gasteiger partial charge >= 0.3 is 0 Å². The van der Waals surface area contributed by atoms with Crippen molar-refractivity contribution in [2.45, 2.75) is 31.7 Å². The van der Waals surface area contributed by atoms with Crippen molar-refractivity contribution in [3.63, 3.8) is 0 Å². The standard InChI is InChI=1S/C10H19NO/c1-12-7-9(8-3-2-4-8)10-5-6-11-10/h8-11H,2-7H2,1H3. The van der Waals surface area contributed by atoms with Crippen molar-refractivity contribution in [1.29, 1.82) is 0 Å². The Morgan fingerprint density at radius 2 is 2.17 bits per heavy atom. The van der Waals surface area contributed by atoms with Gasteiger partial charge in [-0.05, 0) is 18.9 Å². The number of nitrogens with one attached hydrogen (secondary N) is 1. The molecule has 2 atom stereocenters. The van der Waals surface area contributed by atoms with Crippen LogP contribution in [-0.4, -0.2) is 26.3 Å². The molecule has 2 heteroatoms. The molecule has 12 heavy (non-hydrogen) atoms. The maximum Gasteiger partial charge on any atom is 0.0508 e. The molecule has 0 amide bonds. The maximum atomic E-state index is 5.28. The Balaban J connectivity index is 1.82. The summed E-state index contributed by atoms with van der Waals surface area (Å²) in [6.07, 6.45) is 5.68. The number of methoxy groups -OCH3 is 1. The van der Waals surface area contributed by atoms with Gasteiger partial charge in [0.1, 0.15) is 0 Å². The van der Waals surface area contributed by atoms with Crippen LogP contribution in [0.5, 0.6) is 0 Å². The fourth-order valence-electron chi connectivity index (χ4n) is 2.32. The first-order chi connectivity index (χ1) is 5.92. The van der Waals surface area contributed by atoms with E-state index in [4.69, 9.17) is 4.74 Å². The molecule has 1 aliphatic heterocycles. The first-order valence-electron chi connectivity index (χ1n) is 5.14. The second-order valence-electron chi connectivity index (χ2n) is 4.16. The summed E-state index contributed by atoms with van der Waals surface area (Å²) < 4.78 is 5.28. The fraction of sp³-hybridized carbons (Fsp3) is 1.00. The highest BCUT2D eigenvalue weighted by atomic mass is 16.5. The molecule has 2 nitrogen and oxygen atoms in total. The van der Waals surface area contributed by atoms with Crippen molar-refractivity contribution < 1.29 is 4.74 Å². The molecule has 2 fully saturated rings. The molecular weight excluding hydrogens is 150 g/mol. The van der Waals surface area contributed by atoms with E-state index in [0.717, 1.165) is 24.5 Å². The highest BCUT2D eigenvalue weighted by Crippen LogP contribution is 2.37. The van der Waals surface area contributed by atoms with Crippen molar-refractivity contribution in [3.05, 3.63) is 0 Å². The van der Waals surface area contributed by atoms with E-state index in [-0.39, 0.29) is 0 Å². The van der Waals surface area contributed by atoms with Gasteiger partial charge in [-0.2, -0.15) is 0 Å². The third-order valence-corrected chi connectivity index (χ3v) is 3.49. The van der Waals surface area contributed by atoms with Gasteiger partial charge in [0.2, 0.25) is 0 Å². The van der Waals surface area contributed by atoms with Gasteiger partial charge < -0.3 is 10.1 Å². The Hall–Kier alpha value is -0.0800. The average Bonchev–Trinajstić information content (AvgIpc) is 1.79. The highest BCUT2D eigenvalue weighted by Gasteiger charge is 2.35. The molecule has 0 aromatic rings. The fourth-order valence-corrected chi connectivity index (χ4v) is 2.32. The van der Waals surface area contributed by atoms with Crippen LogP contribution in [0.15, 0.2) is 0 Å². The van der Waals surface area contributed by atoms with Crippen LogP contribution in [0.3, 0.4) is 0 Å². The second-order valence-corrected chi connectivity index (χ2v) is 4.16. The summed E-state index contributed by atoms with van der Waals surface area (Å²) in [6.45, 7) is 2.18. The van der Waals surface area contributed by atoms with E-state index in [1.54, 1.807) is 0 Å². The minimum Gasteiger partial charge on any atom is -0.384 e. The average molecular weight is 169 g/mol. The normalized spacial score (nSPS) is 32.2. The van der Waals surface area contributed by atoms with Crippen LogP contribution in [0, 0.1) is 11.8 Å². The van der Waals surface area contributed by atoms with E-state index in [0.29, 0.717) is 0 Å². The minimum atomic E-state index is 0.773. The lowest BCUT2D eigenvalue weighted by Crippen LogP contribution is -2.52. The van der Waals surface area contributed by atoms with E-state index < -0.39 is 0 Å². The number of hydrogen-bond donors (Lipinski definition) is 1. The zero-order valence-corrected chi connectivity index (χ0v) is 7.88. The summed E-state index contributed by atoms with van der Waals surface area (Å²) in [5, 5.41) is 3.50. The van der Waals surface area contributed by atoms with Gasteiger partial charge in [0.25, 0.3) is 0 Å². The van der Waals surface area contributed by atoms with Gasteiger partial charge in [0, 0.05) is 19.1 Å². The summed E-state index contributed by atoms with van der Waals surface area (Å²) in [7, 11) is 1.82. The van der Waals surface area contributed by atoms with Gasteiger partial charge in [-0.15, -0.1) is 0 Å². The zero-order chi connectivity index (χ0) is 8.39. The Bertz CT molecular complexity index is 127. The third-order valence-electron chi connectivity index (χ3n) is 3.49. The molecule has 1 aliphatic carbocycles. The molecule has 1 heterocycles. The number of hydrogen-bond acceptors (Lipinski definition) is 2. The van der Waals surface area contributed by atoms with Crippen molar-refractivity contribution >= 4 is 0 Å². The monoisotopic (exact) mass is 169 g/mol. The molecular formula is C10H19NO. The first-order valence-corrected chi connectivity index (χ1v) is 5.14. The smallest absolute Gasteiger partial charge is 0.0508 e. The van der Waals surface area contributed by atoms with Crippen LogP contribution >= 0.6 is 0 Å². The summed E-state index contributed by atoms with van der Waals surface area (Å²) in [5.41, 5.74) is 0. The van der Waals surface area contributed by atoms with Crippen molar-refractivity contribution in [2.75, 3.05) is 20.3 Å². The lowest BCUT2D eigenvalue weighted by Gasteiger charge is -2.42. The molecule has 0 aromatic carbocycles. The van der Waals surface area contributed by atoms with Crippen LogP contribution in [0.2, 0.25) is 0 Å². The lowest BCUT2D eigenvalue weighted by molar-refractivity contribution is 0.0450. The van der Waals surface area contributed by atoms with E-state index in [1.807, 2.05) is 7.11 Å². The molecule has 2 unspecified atom stereocenters. The van der Waals surface area contributed by atoms with Crippen molar-refractivity contribution in [3.8, 4) is 0 Å². The highest BCUT2D eigenvalue weighted by molar-refractivity contribution is 4.90. The molecule has 70 valence electrons. The summed E-state index contributed by atoms with van der Waals surface area (Å²) in [6, 6.07) is 0.773. The van der Waals surface area contributed by atoms with Crippen LogP contribution in [0.25, 0.3) is 0 Å². The molecule has 1 saturated carbocycles. The Morgan fingerprint density at radius 3 is 2.50 bits per heavy atom. The number of rotatable bonds is 4. The quantitative estimate of drug-likeness (QED) is 0.687. The second kappa shape index (κ2) is 3.75. The summed E-state index contributed by atoms with van der Waals surface area (Å²) >= 11 is 0. The lowest BCUT2D eigenvalue weighted by atomic mass is 9.71. The van der Waals surface area contributed by atoms with Gasteiger partial charge in [-0.1, -0.05) is 19.3 Å². The zero-order valence-electron chi connectivity index (χ0n) is 7.88. The van der Waals surface area contributed by atoms with Crippen LogP contribution in [0.1, 0.15) is 25.7 Å². The molecule has 0 aromatic heterocycles. The number of ether oxygens (including phenoxy) is 1. The Morgan fingerprint density at radius 1 is 1.42 bits per heavy atom. The predicted octanol–water partition coefficient (Wildman–Crippen LogP) is 1.41. The van der Waals surface area contributed by atoms with E-state index in [9.17, 15) is 0 Å². The maximum absolute atomic E-state index is 5.28. The SMILES string of the molecule is COCC(C1CCC1)C1CCN1. The largest absolute Gasteiger partial charge is 0.384 e. The molecule has 0 radical (unpaired) electrons. The molecule has 2 rings (SSSR count). The van der Waals surface area contributed by atoms with Crippen molar-refractivity contribution in [1.82, 2.24) is 5.32 Å². The van der Waals surface area contributed by atoms with Crippen molar-refractivity contribution in [2.24, 2.45) is 11.8 Å². The van der Waals surface area contributed by atoms with Gasteiger partial charge in [-0.3, -0.25) is 0 Å².